The van der Waals surface area contributed by atoms with Gasteiger partial charge in [-0.1, -0.05) is 12.1 Å². The molecule has 2 aromatic rings. The predicted molar refractivity (Wildman–Crippen MR) is 81.3 cm³/mol. The smallest absolute Gasteiger partial charge is 0.341 e. The molecule has 1 heterocycles. The Balaban J connectivity index is 2.03. The van der Waals surface area contributed by atoms with E-state index in [9.17, 15) is 18.0 Å². The zero-order chi connectivity index (χ0) is 18.4. The number of halogens is 3. The van der Waals surface area contributed by atoms with Gasteiger partial charge in [0.15, 0.2) is 6.10 Å². The fourth-order valence-electron chi connectivity index (χ4n) is 1.99. The van der Waals surface area contributed by atoms with Gasteiger partial charge in [-0.05, 0) is 24.6 Å². The number of nitrogens with zero attached hydrogens (tertiary/aromatic N) is 2. The Morgan fingerprint density at radius 3 is 2.80 bits per heavy atom. The van der Waals surface area contributed by atoms with Gasteiger partial charge in [0.05, 0.1) is 24.9 Å². The second-order valence-corrected chi connectivity index (χ2v) is 5.09. The highest BCUT2D eigenvalue weighted by atomic mass is 19.3. The third-order valence-corrected chi connectivity index (χ3v) is 3.16. The van der Waals surface area contributed by atoms with Crippen molar-refractivity contribution in [3.63, 3.8) is 0 Å². The van der Waals surface area contributed by atoms with Gasteiger partial charge in [0.2, 0.25) is 0 Å². The van der Waals surface area contributed by atoms with Gasteiger partial charge in [-0.3, -0.25) is 4.68 Å². The van der Waals surface area contributed by atoms with E-state index in [1.54, 1.807) is 19.1 Å². The first-order valence-electron chi connectivity index (χ1n) is 7.46. The van der Waals surface area contributed by atoms with E-state index in [4.69, 9.17) is 14.6 Å². The fourth-order valence-corrected chi connectivity index (χ4v) is 1.99. The zero-order valence-electron chi connectivity index (χ0n) is 13.3. The first kappa shape index (κ1) is 18.8. The molecule has 0 saturated carbocycles. The van der Waals surface area contributed by atoms with Crippen LogP contribution in [0.5, 0.6) is 5.75 Å². The number of aliphatic hydroxyl groups excluding tert-OH is 1. The molecule has 2 rings (SSSR count). The maximum absolute atomic E-state index is 13.4. The number of hydrogen-bond acceptors (Lipinski definition) is 5. The number of esters is 1. The Morgan fingerprint density at radius 1 is 1.36 bits per heavy atom. The standard InChI is InChI=1S/C16H17F3N2O4/c1-2-24-16(23)11-7-20-21(9-11)8-10-4-3-5-12(6-10)25-15(19)13(22)14(17)18/h3-7,9,13-15,22H,2,8H2,1H3. The molecule has 0 saturated heterocycles. The van der Waals surface area contributed by atoms with Crippen LogP contribution in [0.1, 0.15) is 22.8 Å². The Hall–Kier alpha value is -2.55. The summed E-state index contributed by atoms with van der Waals surface area (Å²) in [6.45, 7) is 2.18. The van der Waals surface area contributed by atoms with Crippen LogP contribution < -0.4 is 4.74 Å². The molecule has 1 aromatic heterocycles. The normalized spacial score (nSPS) is 13.5. The minimum atomic E-state index is -3.25. The predicted octanol–water partition coefficient (Wildman–Crippen LogP) is 2.41. The lowest BCUT2D eigenvalue weighted by Gasteiger charge is -2.16. The summed E-state index contributed by atoms with van der Waals surface area (Å²) in [6.07, 6.45) is -5.47. The number of carbonyl (C=O) groups excluding carboxylic acids is 1. The van der Waals surface area contributed by atoms with Crippen molar-refractivity contribution in [3.8, 4) is 5.75 Å². The highest BCUT2D eigenvalue weighted by molar-refractivity contribution is 5.88. The maximum Gasteiger partial charge on any atom is 0.341 e. The minimum Gasteiger partial charge on any atom is -0.462 e. The van der Waals surface area contributed by atoms with Gasteiger partial charge in [0.25, 0.3) is 12.8 Å². The molecule has 0 radical (unpaired) electrons. The van der Waals surface area contributed by atoms with Crippen LogP contribution in [0.25, 0.3) is 0 Å². The first-order chi connectivity index (χ1) is 11.9. The molecule has 0 aliphatic rings. The number of aromatic nitrogens is 2. The van der Waals surface area contributed by atoms with Crippen LogP contribution in [0.15, 0.2) is 36.7 Å². The maximum atomic E-state index is 13.4. The van der Waals surface area contributed by atoms with E-state index in [0.717, 1.165) is 0 Å². The average molecular weight is 358 g/mol. The number of benzene rings is 1. The molecule has 2 atom stereocenters. The van der Waals surface area contributed by atoms with Crippen molar-refractivity contribution in [1.82, 2.24) is 9.78 Å². The van der Waals surface area contributed by atoms with Crippen LogP contribution in [0.2, 0.25) is 0 Å². The molecule has 0 aliphatic carbocycles. The van der Waals surface area contributed by atoms with Crippen molar-refractivity contribution in [2.24, 2.45) is 0 Å². The number of rotatable bonds is 8. The summed E-state index contributed by atoms with van der Waals surface area (Å²) < 4.78 is 49.0. The Kier molecular flexibility index (Phi) is 6.40. The van der Waals surface area contributed by atoms with Crippen LogP contribution in [0, 0.1) is 0 Å². The molecule has 25 heavy (non-hydrogen) atoms. The summed E-state index contributed by atoms with van der Waals surface area (Å²) in [7, 11) is 0. The van der Waals surface area contributed by atoms with E-state index in [-0.39, 0.29) is 24.5 Å². The molecule has 0 amide bonds. The Morgan fingerprint density at radius 2 is 2.12 bits per heavy atom. The molecular weight excluding hydrogens is 341 g/mol. The average Bonchev–Trinajstić information content (AvgIpc) is 3.03. The van der Waals surface area contributed by atoms with E-state index in [1.165, 1.54) is 29.2 Å². The van der Waals surface area contributed by atoms with Crippen LogP contribution in [-0.4, -0.2) is 46.4 Å². The van der Waals surface area contributed by atoms with Crippen molar-refractivity contribution in [2.45, 2.75) is 32.4 Å². The molecule has 6 nitrogen and oxygen atoms in total. The highest BCUT2D eigenvalue weighted by Crippen LogP contribution is 2.19. The zero-order valence-corrected chi connectivity index (χ0v) is 13.3. The summed E-state index contributed by atoms with van der Waals surface area (Å²) in [5, 5.41) is 13.0. The quantitative estimate of drug-likeness (QED) is 0.734. The van der Waals surface area contributed by atoms with Gasteiger partial charge < -0.3 is 14.6 Å². The van der Waals surface area contributed by atoms with Crippen molar-refractivity contribution >= 4 is 5.97 Å². The number of carbonyl (C=O) groups is 1. The van der Waals surface area contributed by atoms with Crippen molar-refractivity contribution in [3.05, 3.63) is 47.8 Å². The number of ether oxygens (including phenoxy) is 2. The molecule has 136 valence electrons. The van der Waals surface area contributed by atoms with Gasteiger partial charge in [-0.25, -0.2) is 13.6 Å². The SMILES string of the molecule is CCOC(=O)c1cnn(Cc2cccc(OC(F)C(O)C(F)F)c2)c1. The summed E-state index contributed by atoms with van der Waals surface area (Å²) in [4.78, 5) is 11.6. The summed E-state index contributed by atoms with van der Waals surface area (Å²) in [6, 6.07) is 6.04. The lowest BCUT2D eigenvalue weighted by atomic mass is 10.2. The van der Waals surface area contributed by atoms with Crippen LogP contribution in [-0.2, 0) is 11.3 Å². The second-order valence-electron chi connectivity index (χ2n) is 5.09. The fraction of sp³-hybridized carbons (Fsp3) is 0.375. The number of alkyl halides is 3. The van der Waals surface area contributed by atoms with Gasteiger partial charge in [0, 0.05) is 6.20 Å². The summed E-state index contributed by atoms with van der Waals surface area (Å²) in [5.74, 6) is -0.505. The minimum absolute atomic E-state index is 0.0116. The summed E-state index contributed by atoms with van der Waals surface area (Å²) in [5.41, 5.74) is 0.924. The van der Waals surface area contributed by atoms with E-state index in [1.807, 2.05) is 0 Å². The second kappa shape index (κ2) is 8.52. The van der Waals surface area contributed by atoms with Crippen molar-refractivity contribution in [1.29, 1.82) is 0 Å². The first-order valence-corrected chi connectivity index (χ1v) is 7.46. The molecule has 1 aromatic carbocycles. The van der Waals surface area contributed by atoms with Crippen molar-refractivity contribution in [2.75, 3.05) is 6.61 Å². The topological polar surface area (TPSA) is 73.6 Å². The number of hydrogen-bond donors (Lipinski definition) is 1. The molecule has 2 unspecified atom stereocenters. The Bertz CT molecular complexity index is 708. The van der Waals surface area contributed by atoms with Crippen LogP contribution in [0.4, 0.5) is 13.2 Å². The van der Waals surface area contributed by atoms with Gasteiger partial charge in [0.1, 0.15) is 5.75 Å². The van der Waals surface area contributed by atoms with Gasteiger partial charge in [-0.15, -0.1) is 0 Å². The molecule has 0 aliphatic heterocycles. The molecule has 0 spiro atoms. The van der Waals surface area contributed by atoms with Crippen molar-refractivity contribution < 1.29 is 32.5 Å². The van der Waals surface area contributed by atoms with Crippen LogP contribution in [0.3, 0.4) is 0 Å². The summed E-state index contributed by atoms with van der Waals surface area (Å²) >= 11 is 0. The van der Waals surface area contributed by atoms with Gasteiger partial charge >= 0.3 is 5.97 Å². The van der Waals surface area contributed by atoms with Crippen LogP contribution >= 0.6 is 0 Å². The Labute approximate surface area is 141 Å². The van der Waals surface area contributed by atoms with E-state index >= 15 is 0 Å². The van der Waals surface area contributed by atoms with E-state index in [2.05, 4.69) is 5.10 Å². The lowest BCUT2D eigenvalue weighted by molar-refractivity contribution is -0.114. The largest absolute Gasteiger partial charge is 0.462 e. The third-order valence-electron chi connectivity index (χ3n) is 3.16. The molecular formula is C16H17F3N2O4. The number of aliphatic hydroxyl groups is 1. The third kappa shape index (κ3) is 5.21. The van der Waals surface area contributed by atoms with E-state index in [0.29, 0.717) is 5.56 Å². The monoisotopic (exact) mass is 358 g/mol. The van der Waals surface area contributed by atoms with Gasteiger partial charge in [-0.2, -0.15) is 9.49 Å². The molecule has 0 bridgehead atoms. The molecule has 0 fully saturated rings. The molecule has 9 heteroatoms. The lowest BCUT2D eigenvalue weighted by Crippen LogP contribution is -2.33. The molecule has 1 N–H and O–H groups in total. The van der Waals surface area contributed by atoms with E-state index < -0.39 is 24.9 Å². The highest BCUT2D eigenvalue weighted by Gasteiger charge is 2.29.